The van der Waals surface area contributed by atoms with Gasteiger partial charge in [-0.2, -0.15) is 0 Å². The van der Waals surface area contributed by atoms with Crippen LogP contribution in [0.1, 0.15) is 13.8 Å². The summed E-state index contributed by atoms with van der Waals surface area (Å²) >= 11 is 0. The summed E-state index contributed by atoms with van der Waals surface area (Å²) in [5.74, 6) is 1.21. The highest BCUT2D eigenvalue weighted by Crippen LogP contribution is 2.16. The van der Waals surface area contributed by atoms with Crippen molar-refractivity contribution in [3.8, 4) is 11.5 Å². The van der Waals surface area contributed by atoms with Gasteiger partial charge >= 0.3 is 0 Å². The molecule has 0 aliphatic rings. The van der Waals surface area contributed by atoms with Gasteiger partial charge < -0.3 is 48.5 Å². The summed E-state index contributed by atoms with van der Waals surface area (Å²) in [6, 6.07) is 14.3. The fraction of sp³-hybridized carbons (Fsp3) is 0.533. The standard InChI is InChI=1S/C30H44N2O10/c1-25(33)31-27-3-7-29(8-4-27)41-23-21-39-19-17-37-15-13-35-11-12-36-14-16-38-18-20-40-22-24-42-30-9-5-28(6-10-30)32-26(2)34/h3-10H,11-24H2,1-2H3,(H,31,33)(H,32,34). The average molecular weight is 593 g/mol. The summed E-state index contributed by atoms with van der Waals surface area (Å²) < 4.78 is 44.0. The summed E-state index contributed by atoms with van der Waals surface area (Å²) in [6.07, 6.45) is 0. The Morgan fingerprint density at radius 3 is 0.905 bits per heavy atom. The minimum Gasteiger partial charge on any atom is -0.491 e. The first kappa shape index (κ1) is 34.9. The molecule has 2 rings (SSSR count). The monoisotopic (exact) mass is 592 g/mol. The zero-order valence-corrected chi connectivity index (χ0v) is 24.6. The first-order valence-corrected chi connectivity index (χ1v) is 14.0. The molecular formula is C30H44N2O10. The molecule has 0 fully saturated rings. The molecular weight excluding hydrogens is 548 g/mol. The molecule has 0 atom stereocenters. The van der Waals surface area contributed by atoms with Crippen molar-refractivity contribution in [3.63, 3.8) is 0 Å². The van der Waals surface area contributed by atoms with Crippen LogP contribution in [0, 0.1) is 0 Å². The van der Waals surface area contributed by atoms with Gasteiger partial charge in [0.2, 0.25) is 11.8 Å². The van der Waals surface area contributed by atoms with E-state index in [1.807, 2.05) is 0 Å². The lowest BCUT2D eigenvalue weighted by Crippen LogP contribution is -2.15. The first-order valence-electron chi connectivity index (χ1n) is 14.0. The minimum atomic E-state index is -0.110. The van der Waals surface area contributed by atoms with Crippen molar-refractivity contribution in [2.45, 2.75) is 13.8 Å². The van der Waals surface area contributed by atoms with E-state index in [-0.39, 0.29) is 11.8 Å². The molecule has 0 aliphatic heterocycles. The molecule has 42 heavy (non-hydrogen) atoms. The van der Waals surface area contributed by atoms with Crippen molar-refractivity contribution < 1.29 is 47.5 Å². The molecule has 12 nitrogen and oxygen atoms in total. The Kier molecular flexibility index (Phi) is 19.4. The van der Waals surface area contributed by atoms with E-state index in [1.165, 1.54) is 13.8 Å². The van der Waals surface area contributed by atoms with Crippen molar-refractivity contribution in [3.05, 3.63) is 48.5 Å². The van der Waals surface area contributed by atoms with E-state index in [9.17, 15) is 9.59 Å². The van der Waals surface area contributed by atoms with Crippen LogP contribution in [0.5, 0.6) is 11.5 Å². The minimum absolute atomic E-state index is 0.110. The van der Waals surface area contributed by atoms with Gasteiger partial charge in [0, 0.05) is 25.2 Å². The van der Waals surface area contributed by atoms with Crippen LogP contribution in [-0.2, 0) is 38.0 Å². The quantitative estimate of drug-likeness (QED) is 0.166. The molecule has 2 N–H and O–H groups in total. The molecule has 0 radical (unpaired) electrons. The van der Waals surface area contributed by atoms with E-state index in [4.69, 9.17) is 37.9 Å². The number of ether oxygens (including phenoxy) is 8. The molecule has 0 unspecified atom stereocenters. The van der Waals surface area contributed by atoms with Crippen LogP contribution < -0.4 is 20.1 Å². The first-order chi connectivity index (χ1) is 20.5. The summed E-state index contributed by atoms with van der Waals surface area (Å²) in [4.78, 5) is 22.0. The van der Waals surface area contributed by atoms with Crippen molar-refractivity contribution in [2.75, 3.05) is 103 Å². The molecule has 2 aromatic carbocycles. The number of nitrogens with one attached hydrogen (secondary N) is 2. The van der Waals surface area contributed by atoms with Crippen LogP contribution >= 0.6 is 0 Å². The van der Waals surface area contributed by atoms with E-state index in [2.05, 4.69) is 10.6 Å². The normalized spacial score (nSPS) is 10.8. The fourth-order valence-electron chi connectivity index (χ4n) is 3.31. The van der Waals surface area contributed by atoms with Gasteiger partial charge in [-0.15, -0.1) is 0 Å². The van der Waals surface area contributed by atoms with Crippen LogP contribution in [0.2, 0.25) is 0 Å². The molecule has 234 valence electrons. The largest absolute Gasteiger partial charge is 0.491 e. The van der Waals surface area contributed by atoms with Crippen molar-refractivity contribution >= 4 is 23.2 Å². The Balaban J connectivity index is 1.24. The SMILES string of the molecule is CC(=O)Nc1ccc(OCCOCCOCCOCCOCCOCCOCCOc2ccc(NC(C)=O)cc2)cc1. The van der Waals surface area contributed by atoms with Gasteiger partial charge in [0.05, 0.1) is 79.3 Å². The zero-order valence-electron chi connectivity index (χ0n) is 24.6. The van der Waals surface area contributed by atoms with Crippen molar-refractivity contribution in [2.24, 2.45) is 0 Å². The third-order valence-electron chi connectivity index (χ3n) is 5.20. The number of carbonyl (C=O) groups excluding carboxylic acids is 2. The predicted octanol–water partition coefficient (Wildman–Crippen LogP) is 3.16. The van der Waals surface area contributed by atoms with Crippen LogP contribution in [0.15, 0.2) is 48.5 Å². The Morgan fingerprint density at radius 2 is 0.667 bits per heavy atom. The Labute approximate surface area is 247 Å². The van der Waals surface area contributed by atoms with Gasteiger partial charge in [0.1, 0.15) is 24.7 Å². The molecule has 2 aromatic rings. The van der Waals surface area contributed by atoms with Crippen LogP contribution in [0.25, 0.3) is 0 Å². The Bertz CT molecular complexity index is 894. The van der Waals surface area contributed by atoms with Crippen LogP contribution in [-0.4, -0.2) is 104 Å². The lowest BCUT2D eigenvalue weighted by molar-refractivity contribution is -0.115. The lowest BCUT2D eigenvalue weighted by Gasteiger charge is -2.09. The molecule has 12 heteroatoms. The van der Waals surface area contributed by atoms with Crippen LogP contribution in [0.3, 0.4) is 0 Å². The van der Waals surface area contributed by atoms with Crippen molar-refractivity contribution in [1.29, 1.82) is 0 Å². The molecule has 0 spiro atoms. The molecule has 0 saturated heterocycles. The average Bonchev–Trinajstić information content (AvgIpc) is 2.97. The van der Waals surface area contributed by atoms with Gasteiger partial charge in [-0.3, -0.25) is 9.59 Å². The van der Waals surface area contributed by atoms with E-state index >= 15 is 0 Å². The number of rotatable bonds is 25. The number of carbonyl (C=O) groups is 2. The van der Waals surface area contributed by atoms with E-state index in [0.717, 1.165) is 11.4 Å². The number of hydrogen-bond acceptors (Lipinski definition) is 10. The number of hydrogen-bond donors (Lipinski definition) is 2. The van der Waals surface area contributed by atoms with Gasteiger partial charge in [0.25, 0.3) is 0 Å². The van der Waals surface area contributed by atoms with Crippen molar-refractivity contribution in [1.82, 2.24) is 0 Å². The molecule has 0 aliphatic carbocycles. The van der Waals surface area contributed by atoms with Gasteiger partial charge in [-0.25, -0.2) is 0 Å². The molecule has 2 amide bonds. The summed E-state index contributed by atoms with van der Waals surface area (Å²) in [6.45, 7) is 9.53. The van der Waals surface area contributed by atoms with Gasteiger partial charge in [-0.1, -0.05) is 0 Å². The highest BCUT2D eigenvalue weighted by Gasteiger charge is 2.00. The number of amides is 2. The maximum Gasteiger partial charge on any atom is 0.221 e. The molecule has 0 bridgehead atoms. The summed E-state index contributed by atoms with van der Waals surface area (Å²) in [5, 5.41) is 5.41. The second-order valence-corrected chi connectivity index (χ2v) is 8.78. The second kappa shape index (κ2) is 23.3. The zero-order chi connectivity index (χ0) is 30.1. The summed E-state index contributed by atoms with van der Waals surface area (Å²) in [5.41, 5.74) is 1.46. The third kappa shape index (κ3) is 19.0. The van der Waals surface area contributed by atoms with Gasteiger partial charge in [0.15, 0.2) is 0 Å². The number of anilines is 2. The van der Waals surface area contributed by atoms with Gasteiger partial charge in [-0.05, 0) is 48.5 Å². The Hall–Kier alpha value is -3.26. The molecule has 0 saturated carbocycles. The highest BCUT2D eigenvalue weighted by atomic mass is 16.6. The Morgan fingerprint density at radius 1 is 0.429 bits per heavy atom. The van der Waals surface area contributed by atoms with E-state index < -0.39 is 0 Å². The number of benzene rings is 2. The maximum absolute atomic E-state index is 11.0. The smallest absolute Gasteiger partial charge is 0.221 e. The maximum atomic E-state index is 11.0. The topological polar surface area (TPSA) is 132 Å². The van der Waals surface area contributed by atoms with E-state index in [1.54, 1.807) is 48.5 Å². The fourth-order valence-corrected chi connectivity index (χ4v) is 3.31. The third-order valence-corrected chi connectivity index (χ3v) is 5.20. The lowest BCUT2D eigenvalue weighted by atomic mass is 10.3. The summed E-state index contributed by atoms with van der Waals surface area (Å²) in [7, 11) is 0. The molecule has 0 heterocycles. The van der Waals surface area contributed by atoms with Crippen LogP contribution in [0.4, 0.5) is 11.4 Å². The second-order valence-electron chi connectivity index (χ2n) is 8.78. The van der Waals surface area contributed by atoms with E-state index in [0.29, 0.717) is 104 Å². The molecule has 0 aromatic heterocycles. The highest BCUT2D eigenvalue weighted by molar-refractivity contribution is 5.89. The predicted molar refractivity (Wildman–Crippen MR) is 157 cm³/mol.